The number of phenolic OH excluding ortho intramolecular Hbond substituents is 1. The molecule has 1 saturated heterocycles. The summed E-state index contributed by atoms with van der Waals surface area (Å²) in [5.74, 6) is 1.31. The predicted octanol–water partition coefficient (Wildman–Crippen LogP) is 3.61. The molecule has 0 saturated carbocycles. The Morgan fingerprint density at radius 1 is 1.04 bits per heavy atom. The Labute approximate surface area is 179 Å². The van der Waals surface area contributed by atoms with Crippen LogP contribution in [-0.2, 0) is 6.54 Å². The molecule has 0 aromatic heterocycles. The molecule has 1 aliphatic heterocycles. The van der Waals surface area contributed by atoms with E-state index in [0.29, 0.717) is 12.3 Å². The van der Waals surface area contributed by atoms with Crippen LogP contribution < -0.4 is 10.2 Å². The Morgan fingerprint density at radius 2 is 1.70 bits per heavy atom. The van der Waals surface area contributed by atoms with E-state index in [1.165, 1.54) is 11.1 Å². The van der Waals surface area contributed by atoms with Gasteiger partial charge in [-0.1, -0.05) is 36.4 Å². The number of halogens is 1. The molecule has 6 heteroatoms. The monoisotopic (exact) mass is 480 g/mol. The summed E-state index contributed by atoms with van der Waals surface area (Å²) in [5, 5.41) is 13.5. The highest BCUT2D eigenvalue weighted by Gasteiger charge is 2.21. The van der Waals surface area contributed by atoms with Crippen molar-refractivity contribution in [3.63, 3.8) is 0 Å². The molecular formula is C21H29IN4O. The second kappa shape index (κ2) is 10.4. The second-order valence-corrected chi connectivity index (χ2v) is 6.56. The van der Waals surface area contributed by atoms with Crippen molar-refractivity contribution in [3.8, 4) is 5.75 Å². The first-order chi connectivity index (χ1) is 12.7. The zero-order valence-electron chi connectivity index (χ0n) is 16.1. The van der Waals surface area contributed by atoms with Crippen LogP contribution in [0.5, 0.6) is 5.75 Å². The van der Waals surface area contributed by atoms with Crippen LogP contribution in [0.1, 0.15) is 18.1 Å². The van der Waals surface area contributed by atoms with Crippen LogP contribution in [0.2, 0.25) is 0 Å². The standard InChI is InChI=1S/C21H28N4O.HI/c1-3-22-21(23-16-18-9-5-4-8-17(18)2)25-14-12-24(13-15-25)19-10-6-7-11-20(19)26;/h4-11,26H,3,12-16H2,1-2H3,(H,22,23);1H. The number of nitrogens with zero attached hydrogens (tertiary/aromatic N) is 3. The highest BCUT2D eigenvalue weighted by atomic mass is 127. The number of guanidine groups is 1. The number of piperazine rings is 1. The summed E-state index contributed by atoms with van der Waals surface area (Å²) >= 11 is 0. The van der Waals surface area contributed by atoms with Crippen LogP contribution in [0.4, 0.5) is 5.69 Å². The fourth-order valence-corrected chi connectivity index (χ4v) is 3.26. The van der Waals surface area contributed by atoms with Crippen LogP contribution in [-0.4, -0.2) is 48.7 Å². The van der Waals surface area contributed by atoms with Crippen molar-refractivity contribution < 1.29 is 5.11 Å². The number of phenols is 1. The number of hydrogen-bond acceptors (Lipinski definition) is 3. The molecule has 0 unspecified atom stereocenters. The Hall–Kier alpha value is -1.96. The van der Waals surface area contributed by atoms with Crippen molar-refractivity contribution in [3.05, 3.63) is 59.7 Å². The third-order valence-corrected chi connectivity index (χ3v) is 4.80. The molecule has 2 aromatic rings. The lowest BCUT2D eigenvalue weighted by molar-refractivity contribution is 0.369. The van der Waals surface area contributed by atoms with Gasteiger partial charge in [-0.05, 0) is 37.1 Å². The van der Waals surface area contributed by atoms with Gasteiger partial charge >= 0.3 is 0 Å². The first-order valence-corrected chi connectivity index (χ1v) is 9.29. The molecule has 27 heavy (non-hydrogen) atoms. The zero-order valence-corrected chi connectivity index (χ0v) is 18.4. The quantitative estimate of drug-likeness (QED) is 0.399. The van der Waals surface area contributed by atoms with E-state index in [9.17, 15) is 5.11 Å². The van der Waals surface area contributed by atoms with Gasteiger partial charge in [0.15, 0.2) is 5.96 Å². The highest BCUT2D eigenvalue weighted by molar-refractivity contribution is 14.0. The third-order valence-electron chi connectivity index (χ3n) is 4.80. The van der Waals surface area contributed by atoms with Crippen molar-refractivity contribution in [1.29, 1.82) is 0 Å². The smallest absolute Gasteiger partial charge is 0.194 e. The minimum atomic E-state index is 0. The molecule has 1 heterocycles. The van der Waals surface area contributed by atoms with Gasteiger partial charge < -0.3 is 20.2 Å². The summed E-state index contributed by atoms with van der Waals surface area (Å²) in [5.41, 5.74) is 3.45. The Kier molecular flexibility index (Phi) is 8.22. The van der Waals surface area contributed by atoms with Gasteiger partial charge in [0, 0.05) is 32.7 Å². The van der Waals surface area contributed by atoms with Crippen molar-refractivity contribution >= 4 is 35.6 Å². The van der Waals surface area contributed by atoms with E-state index < -0.39 is 0 Å². The number of rotatable bonds is 4. The Balaban J connectivity index is 0.00000261. The molecule has 5 nitrogen and oxygen atoms in total. The van der Waals surface area contributed by atoms with Gasteiger partial charge in [0.1, 0.15) is 5.75 Å². The van der Waals surface area contributed by atoms with Gasteiger partial charge in [-0.3, -0.25) is 0 Å². The zero-order chi connectivity index (χ0) is 18.4. The van der Waals surface area contributed by atoms with Crippen molar-refractivity contribution in [1.82, 2.24) is 10.2 Å². The molecule has 2 N–H and O–H groups in total. The minimum absolute atomic E-state index is 0. The molecule has 1 fully saturated rings. The van der Waals surface area contributed by atoms with Crippen molar-refractivity contribution in [2.75, 3.05) is 37.6 Å². The van der Waals surface area contributed by atoms with E-state index in [1.54, 1.807) is 6.07 Å². The molecule has 146 valence electrons. The molecule has 0 amide bonds. The van der Waals surface area contributed by atoms with Crippen molar-refractivity contribution in [2.24, 2.45) is 4.99 Å². The van der Waals surface area contributed by atoms with E-state index in [1.807, 2.05) is 18.2 Å². The summed E-state index contributed by atoms with van der Waals surface area (Å²) in [6, 6.07) is 15.9. The number of hydrogen-bond donors (Lipinski definition) is 2. The molecule has 0 aliphatic carbocycles. The van der Waals surface area contributed by atoms with Crippen LogP contribution >= 0.6 is 24.0 Å². The SMILES string of the molecule is CCNC(=NCc1ccccc1C)N1CCN(c2ccccc2O)CC1.I. The molecule has 1 aliphatic rings. The van der Waals surface area contributed by atoms with E-state index >= 15 is 0 Å². The lowest BCUT2D eigenvalue weighted by atomic mass is 10.1. The summed E-state index contributed by atoms with van der Waals surface area (Å²) in [6.45, 7) is 9.27. The van der Waals surface area contributed by atoms with Crippen LogP contribution in [0, 0.1) is 6.92 Å². The van der Waals surface area contributed by atoms with Gasteiger partial charge in [-0.2, -0.15) is 0 Å². The summed E-state index contributed by atoms with van der Waals surface area (Å²) < 4.78 is 0. The molecule has 0 atom stereocenters. The van der Waals surface area contributed by atoms with Gasteiger partial charge in [-0.15, -0.1) is 24.0 Å². The topological polar surface area (TPSA) is 51.1 Å². The van der Waals surface area contributed by atoms with Crippen LogP contribution in [0.15, 0.2) is 53.5 Å². The summed E-state index contributed by atoms with van der Waals surface area (Å²) in [7, 11) is 0. The largest absolute Gasteiger partial charge is 0.506 e. The highest BCUT2D eigenvalue weighted by Crippen LogP contribution is 2.27. The van der Waals surface area contributed by atoms with E-state index in [-0.39, 0.29) is 24.0 Å². The third kappa shape index (κ3) is 5.51. The molecular weight excluding hydrogens is 451 g/mol. The first-order valence-electron chi connectivity index (χ1n) is 9.29. The van der Waals surface area contributed by atoms with E-state index in [4.69, 9.17) is 4.99 Å². The average Bonchev–Trinajstić information content (AvgIpc) is 2.67. The number of aryl methyl sites for hydroxylation is 1. The fourth-order valence-electron chi connectivity index (χ4n) is 3.26. The molecule has 3 rings (SSSR count). The fraction of sp³-hybridized carbons (Fsp3) is 0.381. The van der Waals surface area contributed by atoms with Crippen LogP contribution in [0.25, 0.3) is 0 Å². The number of anilines is 1. The maximum absolute atomic E-state index is 10.1. The minimum Gasteiger partial charge on any atom is -0.506 e. The Bertz CT molecular complexity index is 757. The van der Waals surface area contributed by atoms with Gasteiger partial charge in [0.05, 0.1) is 12.2 Å². The number of para-hydroxylation sites is 2. The van der Waals surface area contributed by atoms with Gasteiger partial charge in [0.2, 0.25) is 0 Å². The number of aromatic hydroxyl groups is 1. The average molecular weight is 480 g/mol. The summed E-state index contributed by atoms with van der Waals surface area (Å²) in [4.78, 5) is 9.38. The maximum Gasteiger partial charge on any atom is 0.194 e. The predicted molar refractivity (Wildman–Crippen MR) is 123 cm³/mol. The first kappa shape index (κ1) is 21.3. The lowest BCUT2D eigenvalue weighted by Gasteiger charge is -2.37. The van der Waals surface area contributed by atoms with E-state index in [0.717, 1.165) is 44.4 Å². The maximum atomic E-state index is 10.1. The second-order valence-electron chi connectivity index (χ2n) is 6.56. The van der Waals surface area contributed by atoms with Crippen molar-refractivity contribution in [2.45, 2.75) is 20.4 Å². The molecule has 0 spiro atoms. The molecule has 0 bridgehead atoms. The number of nitrogens with one attached hydrogen (secondary N) is 1. The number of aliphatic imine (C=N–C) groups is 1. The summed E-state index contributed by atoms with van der Waals surface area (Å²) in [6.07, 6.45) is 0. The number of benzene rings is 2. The van der Waals surface area contributed by atoms with E-state index in [2.05, 4.69) is 53.2 Å². The Morgan fingerprint density at radius 3 is 2.37 bits per heavy atom. The normalized spacial score (nSPS) is 14.7. The van der Waals surface area contributed by atoms with Gasteiger partial charge in [-0.25, -0.2) is 4.99 Å². The van der Waals surface area contributed by atoms with Gasteiger partial charge in [0.25, 0.3) is 0 Å². The van der Waals surface area contributed by atoms with Crippen LogP contribution in [0.3, 0.4) is 0 Å². The molecule has 2 aromatic carbocycles. The lowest BCUT2D eigenvalue weighted by Crippen LogP contribution is -2.52. The molecule has 0 radical (unpaired) electrons.